The SMILES string of the molecule is CCNC(=NCc1ccc(C)c(OC)c1)NC1CCN(Cc2ccccc2)CC1. The van der Waals surface area contributed by atoms with Crippen LogP contribution in [0.1, 0.15) is 36.5 Å². The van der Waals surface area contributed by atoms with Gasteiger partial charge in [-0.25, -0.2) is 4.99 Å². The first-order chi connectivity index (χ1) is 14.2. The lowest BCUT2D eigenvalue weighted by Crippen LogP contribution is -2.48. The van der Waals surface area contributed by atoms with Crippen LogP contribution < -0.4 is 15.4 Å². The van der Waals surface area contributed by atoms with Crippen LogP contribution in [-0.2, 0) is 13.1 Å². The van der Waals surface area contributed by atoms with E-state index >= 15 is 0 Å². The molecule has 156 valence electrons. The lowest BCUT2D eigenvalue weighted by molar-refractivity contribution is 0.198. The quantitative estimate of drug-likeness (QED) is 0.555. The van der Waals surface area contributed by atoms with Crippen LogP contribution >= 0.6 is 0 Å². The van der Waals surface area contributed by atoms with Gasteiger partial charge in [0.1, 0.15) is 5.75 Å². The van der Waals surface area contributed by atoms with Crippen LogP contribution in [0.5, 0.6) is 5.75 Å². The fraction of sp³-hybridized carbons (Fsp3) is 0.458. The van der Waals surface area contributed by atoms with E-state index in [1.165, 1.54) is 5.56 Å². The van der Waals surface area contributed by atoms with Gasteiger partial charge in [0.05, 0.1) is 13.7 Å². The van der Waals surface area contributed by atoms with Gasteiger partial charge in [0.15, 0.2) is 5.96 Å². The lowest BCUT2D eigenvalue weighted by Gasteiger charge is -2.33. The number of nitrogens with zero attached hydrogens (tertiary/aromatic N) is 2. The van der Waals surface area contributed by atoms with Gasteiger partial charge in [-0.15, -0.1) is 0 Å². The minimum Gasteiger partial charge on any atom is -0.496 e. The summed E-state index contributed by atoms with van der Waals surface area (Å²) in [5, 5.41) is 7.02. The lowest BCUT2D eigenvalue weighted by atomic mass is 10.0. The maximum absolute atomic E-state index is 5.43. The average molecular weight is 395 g/mol. The molecule has 0 radical (unpaired) electrons. The first kappa shape index (κ1) is 21.2. The molecule has 1 heterocycles. The Balaban J connectivity index is 1.52. The first-order valence-corrected chi connectivity index (χ1v) is 10.6. The summed E-state index contributed by atoms with van der Waals surface area (Å²) < 4.78 is 5.43. The molecule has 0 aromatic heterocycles. The fourth-order valence-electron chi connectivity index (χ4n) is 3.72. The Kier molecular flexibility index (Phi) is 7.94. The third-order valence-electron chi connectivity index (χ3n) is 5.41. The van der Waals surface area contributed by atoms with Gasteiger partial charge in [-0.3, -0.25) is 4.90 Å². The van der Waals surface area contributed by atoms with Gasteiger partial charge in [0, 0.05) is 32.2 Å². The molecule has 2 N–H and O–H groups in total. The number of hydrogen-bond donors (Lipinski definition) is 2. The van der Waals surface area contributed by atoms with Gasteiger partial charge in [0.2, 0.25) is 0 Å². The van der Waals surface area contributed by atoms with Crippen molar-refractivity contribution in [2.75, 3.05) is 26.7 Å². The predicted molar refractivity (Wildman–Crippen MR) is 120 cm³/mol. The highest BCUT2D eigenvalue weighted by atomic mass is 16.5. The van der Waals surface area contributed by atoms with Crippen molar-refractivity contribution in [2.45, 2.75) is 45.8 Å². The molecule has 0 atom stereocenters. The number of rotatable bonds is 7. The molecule has 1 fully saturated rings. The maximum atomic E-state index is 5.43. The van der Waals surface area contributed by atoms with Crippen molar-refractivity contribution in [3.05, 3.63) is 65.2 Å². The van der Waals surface area contributed by atoms with Crippen LogP contribution in [-0.4, -0.2) is 43.6 Å². The smallest absolute Gasteiger partial charge is 0.191 e. The monoisotopic (exact) mass is 394 g/mol. The summed E-state index contributed by atoms with van der Waals surface area (Å²) in [6.07, 6.45) is 2.27. The van der Waals surface area contributed by atoms with Crippen molar-refractivity contribution in [3.63, 3.8) is 0 Å². The second kappa shape index (κ2) is 10.9. The normalized spacial score (nSPS) is 15.9. The van der Waals surface area contributed by atoms with Crippen LogP contribution in [0.15, 0.2) is 53.5 Å². The van der Waals surface area contributed by atoms with E-state index in [9.17, 15) is 0 Å². The Morgan fingerprint density at radius 3 is 2.55 bits per heavy atom. The van der Waals surface area contributed by atoms with Crippen LogP contribution in [0.2, 0.25) is 0 Å². The topological polar surface area (TPSA) is 48.9 Å². The van der Waals surface area contributed by atoms with E-state index in [-0.39, 0.29) is 0 Å². The van der Waals surface area contributed by atoms with E-state index in [2.05, 4.69) is 77.9 Å². The summed E-state index contributed by atoms with van der Waals surface area (Å²) in [6.45, 7) is 8.92. The molecule has 0 bridgehead atoms. The van der Waals surface area contributed by atoms with Crippen molar-refractivity contribution in [1.82, 2.24) is 15.5 Å². The number of aliphatic imine (C=N–C) groups is 1. The molecule has 3 rings (SSSR count). The Hall–Kier alpha value is -2.53. The summed E-state index contributed by atoms with van der Waals surface area (Å²) in [5.41, 5.74) is 3.69. The van der Waals surface area contributed by atoms with Crippen molar-refractivity contribution in [1.29, 1.82) is 0 Å². The number of hydrogen-bond acceptors (Lipinski definition) is 3. The molecule has 5 heteroatoms. The van der Waals surface area contributed by atoms with E-state index in [1.807, 2.05) is 0 Å². The zero-order chi connectivity index (χ0) is 20.5. The zero-order valence-electron chi connectivity index (χ0n) is 17.9. The van der Waals surface area contributed by atoms with E-state index in [1.54, 1.807) is 7.11 Å². The number of ether oxygens (including phenoxy) is 1. The Morgan fingerprint density at radius 2 is 1.86 bits per heavy atom. The highest BCUT2D eigenvalue weighted by molar-refractivity contribution is 5.80. The van der Waals surface area contributed by atoms with Crippen molar-refractivity contribution in [2.24, 2.45) is 4.99 Å². The van der Waals surface area contributed by atoms with E-state index in [4.69, 9.17) is 9.73 Å². The number of likely N-dealkylation sites (tertiary alicyclic amines) is 1. The first-order valence-electron chi connectivity index (χ1n) is 10.6. The highest BCUT2D eigenvalue weighted by Crippen LogP contribution is 2.19. The van der Waals surface area contributed by atoms with E-state index < -0.39 is 0 Å². The summed E-state index contributed by atoms with van der Waals surface area (Å²) in [4.78, 5) is 7.33. The Bertz CT molecular complexity index is 783. The van der Waals surface area contributed by atoms with Crippen LogP contribution in [0.4, 0.5) is 0 Å². The van der Waals surface area contributed by atoms with E-state index in [0.29, 0.717) is 12.6 Å². The molecule has 1 saturated heterocycles. The molecule has 2 aromatic carbocycles. The average Bonchev–Trinajstić information content (AvgIpc) is 2.75. The third-order valence-corrected chi connectivity index (χ3v) is 5.41. The molecule has 1 aliphatic heterocycles. The van der Waals surface area contributed by atoms with Gasteiger partial charge < -0.3 is 15.4 Å². The molecule has 1 aliphatic rings. The highest BCUT2D eigenvalue weighted by Gasteiger charge is 2.20. The minimum atomic E-state index is 0.465. The van der Waals surface area contributed by atoms with Gasteiger partial charge >= 0.3 is 0 Å². The van der Waals surface area contributed by atoms with Gasteiger partial charge in [0.25, 0.3) is 0 Å². The summed E-state index contributed by atoms with van der Waals surface area (Å²) in [7, 11) is 1.71. The number of guanidine groups is 1. The number of methoxy groups -OCH3 is 1. The number of piperidine rings is 1. The molecule has 0 unspecified atom stereocenters. The van der Waals surface area contributed by atoms with E-state index in [0.717, 1.165) is 61.9 Å². The summed E-state index contributed by atoms with van der Waals surface area (Å²) >= 11 is 0. The standard InChI is InChI=1S/C24H34N4O/c1-4-25-24(26-17-21-11-10-19(2)23(16-21)29-3)27-22-12-14-28(15-13-22)18-20-8-6-5-7-9-20/h5-11,16,22H,4,12-15,17-18H2,1-3H3,(H2,25,26,27). The molecule has 5 nitrogen and oxygen atoms in total. The second-order valence-electron chi connectivity index (χ2n) is 7.68. The molecule has 29 heavy (non-hydrogen) atoms. The molecular formula is C24H34N4O. The molecular weight excluding hydrogens is 360 g/mol. The van der Waals surface area contributed by atoms with Crippen molar-refractivity contribution in [3.8, 4) is 5.75 Å². The third kappa shape index (κ3) is 6.50. The second-order valence-corrected chi connectivity index (χ2v) is 7.68. The molecule has 0 amide bonds. The summed E-state index contributed by atoms with van der Waals surface area (Å²) in [6, 6.07) is 17.5. The minimum absolute atomic E-state index is 0.465. The van der Waals surface area contributed by atoms with Gasteiger partial charge in [-0.05, 0) is 49.4 Å². The van der Waals surface area contributed by atoms with Gasteiger partial charge in [-0.2, -0.15) is 0 Å². The molecule has 0 saturated carbocycles. The van der Waals surface area contributed by atoms with Crippen LogP contribution in [0.3, 0.4) is 0 Å². The Labute approximate surface area is 175 Å². The Morgan fingerprint density at radius 1 is 1.10 bits per heavy atom. The van der Waals surface area contributed by atoms with Crippen molar-refractivity contribution >= 4 is 5.96 Å². The van der Waals surface area contributed by atoms with Crippen molar-refractivity contribution < 1.29 is 4.74 Å². The largest absolute Gasteiger partial charge is 0.496 e. The molecule has 2 aromatic rings. The molecule has 0 spiro atoms. The number of aryl methyl sites for hydroxylation is 1. The fourth-order valence-corrected chi connectivity index (χ4v) is 3.72. The molecule has 0 aliphatic carbocycles. The zero-order valence-corrected chi connectivity index (χ0v) is 17.9. The number of benzene rings is 2. The van der Waals surface area contributed by atoms with Crippen LogP contribution in [0.25, 0.3) is 0 Å². The predicted octanol–water partition coefficient (Wildman–Crippen LogP) is 3.72. The van der Waals surface area contributed by atoms with Crippen LogP contribution in [0, 0.1) is 6.92 Å². The van der Waals surface area contributed by atoms with Gasteiger partial charge in [-0.1, -0.05) is 42.5 Å². The summed E-state index contributed by atoms with van der Waals surface area (Å²) in [5.74, 6) is 1.81. The number of nitrogens with one attached hydrogen (secondary N) is 2. The maximum Gasteiger partial charge on any atom is 0.191 e.